The molecule has 25 heavy (non-hydrogen) atoms. The number of aryl methyl sites for hydroxylation is 3. The predicted octanol–water partition coefficient (Wildman–Crippen LogP) is 3.21. The fourth-order valence-corrected chi connectivity index (χ4v) is 2.65. The summed E-state index contributed by atoms with van der Waals surface area (Å²) in [7, 11) is 0. The van der Waals surface area contributed by atoms with Gasteiger partial charge in [-0.1, -0.05) is 0 Å². The molecule has 0 aliphatic rings. The Balaban J connectivity index is 1.81. The number of fused-ring (bicyclic) bond motifs is 1. The van der Waals surface area contributed by atoms with E-state index < -0.39 is 4.92 Å². The molecule has 1 N–H and O–H groups in total. The number of aromatic nitrogens is 5. The van der Waals surface area contributed by atoms with Gasteiger partial charge in [0.05, 0.1) is 10.5 Å². The Labute approximate surface area is 141 Å². The lowest BCUT2D eigenvalue weighted by atomic mass is 10.0. The Hall–Kier alpha value is -3.49. The number of nitrogens with one attached hydrogen (secondary N) is 1. The van der Waals surface area contributed by atoms with Gasteiger partial charge in [-0.15, -0.1) is 10.2 Å². The third-order valence-electron chi connectivity index (χ3n) is 4.15. The normalized spacial score (nSPS) is 11.3. The number of hydrogen-bond donors (Lipinski definition) is 1. The van der Waals surface area contributed by atoms with E-state index in [1.807, 2.05) is 13.8 Å². The maximum Gasteiger partial charge on any atom is 0.280 e. The van der Waals surface area contributed by atoms with Crippen LogP contribution < -0.4 is 0 Å². The van der Waals surface area contributed by atoms with Crippen molar-refractivity contribution in [3.05, 3.63) is 51.3 Å². The van der Waals surface area contributed by atoms with Gasteiger partial charge in [-0.3, -0.25) is 15.2 Å². The minimum atomic E-state index is -0.403. The number of nitro benzene ring substituents is 1. The minimum Gasteiger partial charge on any atom is -0.453 e. The van der Waals surface area contributed by atoms with Crippen LogP contribution in [0.25, 0.3) is 28.7 Å². The summed E-state index contributed by atoms with van der Waals surface area (Å²) < 4.78 is 7.46. The van der Waals surface area contributed by atoms with Crippen LogP contribution in [0.1, 0.15) is 17.0 Å². The molecule has 9 heteroatoms. The number of hydrogen-bond acceptors (Lipinski definition) is 6. The molecular formula is C16H14N6O3. The molecule has 4 aromatic rings. The van der Waals surface area contributed by atoms with Gasteiger partial charge in [0.2, 0.25) is 0 Å². The van der Waals surface area contributed by atoms with E-state index in [1.165, 1.54) is 0 Å². The third-order valence-corrected chi connectivity index (χ3v) is 4.15. The van der Waals surface area contributed by atoms with Crippen LogP contribution in [0, 0.1) is 30.9 Å². The summed E-state index contributed by atoms with van der Waals surface area (Å²) in [5.74, 6) is 2.46. The lowest BCUT2D eigenvalue weighted by Crippen LogP contribution is -1.94. The van der Waals surface area contributed by atoms with Gasteiger partial charge in [-0.25, -0.2) is 4.52 Å². The summed E-state index contributed by atoms with van der Waals surface area (Å²) in [6, 6.07) is 6.74. The number of rotatable bonds is 3. The number of furan rings is 1. The second-order valence-corrected chi connectivity index (χ2v) is 5.83. The predicted molar refractivity (Wildman–Crippen MR) is 89.1 cm³/mol. The first-order valence-corrected chi connectivity index (χ1v) is 7.58. The molecule has 0 spiro atoms. The average molecular weight is 338 g/mol. The summed E-state index contributed by atoms with van der Waals surface area (Å²) >= 11 is 0. The van der Waals surface area contributed by atoms with Crippen LogP contribution in [-0.4, -0.2) is 29.7 Å². The fraction of sp³-hybridized carbons (Fsp3) is 0.188. The summed E-state index contributed by atoms with van der Waals surface area (Å²) in [5, 5.41) is 22.3. The van der Waals surface area contributed by atoms with Crippen molar-refractivity contribution in [1.82, 2.24) is 24.8 Å². The molecule has 0 aliphatic heterocycles. The number of benzene rings is 1. The van der Waals surface area contributed by atoms with Crippen LogP contribution in [0.3, 0.4) is 0 Å². The lowest BCUT2D eigenvalue weighted by Gasteiger charge is -2.04. The molecule has 3 heterocycles. The van der Waals surface area contributed by atoms with Crippen molar-refractivity contribution in [2.24, 2.45) is 0 Å². The molecule has 0 atom stereocenters. The Kier molecular flexibility index (Phi) is 3.17. The molecule has 0 radical (unpaired) electrons. The molecule has 0 fully saturated rings. The first kappa shape index (κ1) is 15.1. The van der Waals surface area contributed by atoms with E-state index >= 15 is 0 Å². The molecule has 9 nitrogen and oxygen atoms in total. The van der Waals surface area contributed by atoms with Gasteiger partial charge in [-0.05, 0) is 50.1 Å². The quantitative estimate of drug-likeness (QED) is 0.453. The highest BCUT2D eigenvalue weighted by Gasteiger charge is 2.21. The summed E-state index contributed by atoms with van der Waals surface area (Å²) in [6.45, 7) is 5.55. The Morgan fingerprint density at radius 1 is 1.12 bits per heavy atom. The average Bonchev–Trinajstić information content (AvgIpc) is 3.26. The molecule has 0 unspecified atom stereocenters. The van der Waals surface area contributed by atoms with Crippen LogP contribution in [0.2, 0.25) is 0 Å². The van der Waals surface area contributed by atoms with Gasteiger partial charge in [0, 0.05) is 6.07 Å². The van der Waals surface area contributed by atoms with E-state index in [-0.39, 0.29) is 5.69 Å². The summed E-state index contributed by atoms with van der Waals surface area (Å²) in [5.41, 5.74) is 2.26. The van der Waals surface area contributed by atoms with Crippen LogP contribution in [0.5, 0.6) is 0 Å². The Bertz CT molecular complexity index is 1120. The van der Waals surface area contributed by atoms with Gasteiger partial charge in [0.1, 0.15) is 5.76 Å². The molecule has 126 valence electrons. The zero-order chi connectivity index (χ0) is 17.7. The first-order chi connectivity index (χ1) is 11.9. The van der Waals surface area contributed by atoms with E-state index in [0.29, 0.717) is 34.5 Å². The van der Waals surface area contributed by atoms with Gasteiger partial charge in [0.15, 0.2) is 17.4 Å². The molecule has 0 aliphatic carbocycles. The first-order valence-electron chi connectivity index (χ1n) is 7.58. The van der Waals surface area contributed by atoms with Crippen LogP contribution in [0.4, 0.5) is 5.69 Å². The Morgan fingerprint density at radius 2 is 1.84 bits per heavy atom. The van der Waals surface area contributed by atoms with E-state index in [4.69, 9.17) is 4.42 Å². The summed E-state index contributed by atoms with van der Waals surface area (Å²) in [4.78, 5) is 15.3. The highest BCUT2D eigenvalue weighted by Crippen LogP contribution is 2.35. The van der Waals surface area contributed by atoms with Crippen molar-refractivity contribution in [2.45, 2.75) is 20.8 Å². The minimum absolute atomic E-state index is 0.0123. The molecule has 0 amide bonds. The maximum absolute atomic E-state index is 11.4. The fourth-order valence-electron chi connectivity index (χ4n) is 2.65. The number of nitro groups is 1. The molecule has 3 aromatic heterocycles. The zero-order valence-corrected chi connectivity index (χ0v) is 13.8. The topological polar surface area (TPSA) is 115 Å². The van der Waals surface area contributed by atoms with Crippen LogP contribution >= 0.6 is 0 Å². The smallest absolute Gasteiger partial charge is 0.280 e. The highest BCUT2D eigenvalue weighted by molar-refractivity contribution is 5.73. The molecule has 0 saturated carbocycles. The van der Waals surface area contributed by atoms with E-state index in [1.54, 1.807) is 35.7 Å². The van der Waals surface area contributed by atoms with Gasteiger partial charge < -0.3 is 4.42 Å². The van der Waals surface area contributed by atoms with Gasteiger partial charge in [0.25, 0.3) is 11.5 Å². The number of nitrogens with zero attached hydrogens (tertiary/aromatic N) is 5. The van der Waals surface area contributed by atoms with Crippen molar-refractivity contribution >= 4 is 11.5 Å². The van der Waals surface area contributed by atoms with Crippen molar-refractivity contribution in [1.29, 1.82) is 0 Å². The standard InChI is InChI=1S/C16H14N6O3/c1-8-6-11(12(22(23)24)7-9(8)2)13-4-5-14(25-13)15-17-16-19-18-10(3)21(16)20-15/h4-7H,1-3H3,(H,17,19,20). The van der Waals surface area contributed by atoms with E-state index in [2.05, 4.69) is 20.3 Å². The second kappa shape index (κ2) is 5.26. The molecule has 0 bridgehead atoms. The Morgan fingerprint density at radius 3 is 2.56 bits per heavy atom. The molecular weight excluding hydrogens is 324 g/mol. The van der Waals surface area contributed by atoms with Crippen LogP contribution in [0.15, 0.2) is 28.7 Å². The molecule has 4 rings (SSSR count). The zero-order valence-electron chi connectivity index (χ0n) is 13.8. The molecule has 1 aromatic carbocycles. The third kappa shape index (κ3) is 2.36. The number of aromatic amines is 1. The van der Waals surface area contributed by atoms with Crippen molar-refractivity contribution in [3.8, 4) is 22.9 Å². The van der Waals surface area contributed by atoms with Crippen molar-refractivity contribution < 1.29 is 9.34 Å². The monoisotopic (exact) mass is 338 g/mol. The van der Waals surface area contributed by atoms with Crippen molar-refractivity contribution in [3.63, 3.8) is 0 Å². The molecule has 0 saturated heterocycles. The lowest BCUT2D eigenvalue weighted by molar-refractivity contribution is -0.384. The summed E-state index contributed by atoms with van der Waals surface area (Å²) in [6.07, 6.45) is 0. The SMILES string of the molecule is Cc1cc(-c2ccc(-c3nc4nnc(C)n4[nH]3)o2)c([N+](=O)[O-])cc1C. The van der Waals surface area contributed by atoms with Crippen LogP contribution in [-0.2, 0) is 0 Å². The van der Waals surface area contributed by atoms with E-state index in [0.717, 1.165) is 11.1 Å². The number of H-pyrrole nitrogens is 1. The van der Waals surface area contributed by atoms with Crippen molar-refractivity contribution in [2.75, 3.05) is 0 Å². The van der Waals surface area contributed by atoms with Gasteiger partial charge >= 0.3 is 0 Å². The van der Waals surface area contributed by atoms with Gasteiger partial charge in [-0.2, -0.15) is 4.98 Å². The maximum atomic E-state index is 11.4. The highest BCUT2D eigenvalue weighted by atomic mass is 16.6. The largest absolute Gasteiger partial charge is 0.453 e. The second-order valence-electron chi connectivity index (χ2n) is 5.83. The van der Waals surface area contributed by atoms with E-state index in [9.17, 15) is 10.1 Å².